The first-order valence-corrected chi connectivity index (χ1v) is 6.84. The molecule has 1 aromatic heterocycles. The number of aliphatic hydroxyl groups excluding tert-OH is 1. The van der Waals surface area contributed by atoms with Gasteiger partial charge in [0.2, 0.25) is 5.91 Å². The van der Waals surface area contributed by atoms with Crippen LogP contribution in [0.4, 0.5) is 0 Å². The van der Waals surface area contributed by atoms with Gasteiger partial charge in [-0.3, -0.25) is 4.79 Å². The number of rotatable bonds is 5. The molecule has 0 saturated carbocycles. The molecule has 3 N–H and O–H groups in total. The minimum absolute atomic E-state index is 0.0779. The highest BCUT2D eigenvalue weighted by atomic mass is 32.1. The second kappa shape index (κ2) is 6.29. The van der Waals surface area contributed by atoms with Crippen LogP contribution in [0.1, 0.15) is 11.8 Å². The van der Waals surface area contributed by atoms with E-state index < -0.39 is 6.10 Å². The molecule has 2 rings (SSSR count). The fourth-order valence-electron chi connectivity index (χ4n) is 1.93. The third-order valence-electron chi connectivity index (χ3n) is 2.95. The van der Waals surface area contributed by atoms with E-state index in [1.165, 1.54) is 11.8 Å². The van der Waals surface area contributed by atoms with Crippen LogP contribution in [0.5, 0.6) is 0 Å². The topological polar surface area (TPSA) is 70.6 Å². The van der Waals surface area contributed by atoms with Crippen molar-refractivity contribution in [1.82, 2.24) is 10.6 Å². The van der Waals surface area contributed by atoms with Crippen LogP contribution in [0.15, 0.2) is 17.5 Å². The number of thiophene rings is 1. The van der Waals surface area contributed by atoms with E-state index in [1.54, 1.807) is 11.3 Å². The summed E-state index contributed by atoms with van der Waals surface area (Å²) >= 11 is 1.68. The highest BCUT2D eigenvalue weighted by Crippen LogP contribution is 2.15. The van der Waals surface area contributed by atoms with Crippen LogP contribution in [-0.4, -0.2) is 42.4 Å². The van der Waals surface area contributed by atoms with Crippen molar-refractivity contribution in [3.8, 4) is 0 Å². The normalized spacial score (nSPS) is 27.3. The van der Waals surface area contributed by atoms with Crippen LogP contribution in [0.2, 0.25) is 0 Å². The average molecular weight is 270 g/mol. The Morgan fingerprint density at radius 3 is 3.17 bits per heavy atom. The van der Waals surface area contributed by atoms with Crippen molar-refractivity contribution in [3.63, 3.8) is 0 Å². The van der Waals surface area contributed by atoms with Crippen molar-refractivity contribution in [3.05, 3.63) is 22.4 Å². The van der Waals surface area contributed by atoms with Gasteiger partial charge < -0.3 is 20.5 Å². The Labute approximate surface area is 110 Å². The van der Waals surface area contributed by atoms with Crippen molar-refractivity contribution in [2.75, 3.05) is 13.2 Å². The minimum Gasteiger partial charge on any atom is -0.389 e. The lowest BCUT2D eigenvalue weighted by Gasteiger charge is -2.18. The first kappa shape index (κ1) is 13.5. The molecule has 100 valence electrons. The lowest BCUT2D eigenvalue weighted by molar-refractivity contribution is -0.119. The molecular weight excluding hydrogens is 252 g/mol. The molecule has 3 atom stereocenters. The summed E-state index contributed by atoms with van der Waals surface area (Å²) in [5.41, 5.74) is 0. The zero-order valence-electron chi connectivity index (χ0n) is 10.3. The number of hydrogen-bond donors (Lipinski definition) is 3. The third kappa shape index (κ3) is 3.52. The lowest BCUT2D eigenvalue weighted by Crippen LogP contribution is -2.44. The Bertz CT molecular complexity index is 383. The van der Waals surface area contributed by atoms with Gasteiger partial charge in [-0.1, -0.05) is 6.07 Å². The first-order valence-electron chi connectivity index (χ1n) is 5.96. The summed E-state index contributed by atoms with van der Waals surface area (Å²) in [6.07, 6.45) is -0.911. The maximum Gasteiger partial charge on any atom is 0.216 e. The summed E-state index contributed by atoms with van der Waals surface area (Å²) in [7, 11) is 0. The van der Waals surface area contributed by atoms with Crippen molar-refractivity contribution < 1.29 is 14.6 Å². The average Bonchev–Trinajstić information content (AvgIpc) is 2.94. The second-order valence-electron chi connectivity index (χ2n) is 4.37. The zero-order chi connectivity index (χ0) is 13.0. The molecule has 2 heterocycles. The van der Waals surface area contributed by atoms with Gasteiger partial charge in [0, 0.05) is 24.9 Å². The molecule has 0 radical (unpaired) electrons. The third-order valence-corrected chi connectivity index (χ3v) is 3.83. The predicted molar refractivity (Wildman–Crippen MR) is 69.4 cm³/mol. The van der Waals surface area contributed by atoms with Crippen LogP contribution in [0.25, 0.3) is 0 Å². The van der Waals surface area contributed by atoms with Crippen LogP contribution >= 0.6 is 11.3 Å². The Morgan fingerprint density at radius 1 is 1.67 bits per heavy atom. The molecule has 5 nitrogen and oxygen atoms in total. The molecule has 1 aliphatic heterocycles. The van der Waals surface area contributed by atoms with E-state index in [-0.39, 0.29) is 18.1 Å². The molecule has 0 unspecified atom stereocenters. The van der Waals surface area contributed by atoms with Crippen LogP contribution < -0.4 is 10.6 Å². The number of carbonyl (C=O) groups is 1. The number of aliphatic hydroxyl groups is 1. The molecule has 1 aromatic rings. The van der Waals surface area contributed by atoms with E-state index in [4.69, 9.17) is 4.74 Å². The lowest BCUT2D eigenvalue weighted by atomic mass is 10.1. The van der Waals surface area contributed by atoms with Crippen molar-refractivity contribution in [1.29, 1.82) is 0 Å². The summed E-state index contributed by atoms with van der Waals surface area (Å²) in [5.74, 6) is -0.110. The second-order valence-corrected chi connectivity index (χ2v) is 5.40. The Kier molecular flexibility index (Phi) is 4.71. The quantitative estimate of drug-likeness (QED) is 0.710. The standard InChI is InChI=1S/C12H18N2O3S/c1-8(15)13-6-11-12(16)10(7-17-11)14-5-9-3-2-4-18-9/h2-4,10-12,14,16H,5-7H2,1H3,(H,13,15)/t10-,11-,12+/m1/s1. The van der Waals surface area contributed by atoms with Gasteiger partial charge in [-0.05, 0) is 11.4 Å². The van der Waals surface area contributed by atoms with E-state index in [1.807, 2.05) is 11.4 Å². The Morgan fingerprint density at radius 2 is 2.50 bits per heavy atom. The summed E-state index contributed by atoms with van der Waals surface area (Å²) in [4.78, 5) is 12.0. The van der Waals surface area contributed by atoms with Gasteiger partial charge in [0.15, 0.2) is 0 Å². The minimum atomic E-state index is -0.586. The van der Waals surface area contributed by atoms with Crippen molar-refractivity contribution in [2.45, 2.75) is 31.7 Å². The molecule has 1 saturated heterocycles. The van der Waals surface area contributed by atoms with Crippen molar-refractivity contribution >= 4 is 17.2 Å². The van der Waals surface area contributed by atoms with Gasteiger partial charge in [-0.25, -0.2) is 0 Å². The summed E-state index contributed by atoms with van der Waals surface area (Å²) in [6.45, 7) is 3.01. The molecule has 0 aliphatic carbocycles. The number of hydrogen-bond acceptors (Lipinski definition) is 5. The summed E-state index contributed by atoms with van der Waals surface area (Å²) in [5, 5.41) is 18.0. The zero-order valence-corrected chi connectivity index (χ0v) is 11.1. The fourth-order valence-corrected chi connectivity index (χ4v) is 2.59. The molecule has 0 aromatic carbocycles. The van der Waals surface area contributed by atoms with Gasteiger partial charge in [-0.15, -0.1) is 11.3 Å². The smallest absolute Gasteiger partial charge is 0.216 e. The monoisotopic (exact) mass is 270 g/mol. The number of carbonyl (C=O) groups excluding carboxylic acids is 1. The van der Waals surface area contributed by atoms with E-state index in [0.29, 0.717) is 13.2 Å². The van der Waals surface area contributed by atoms with Crippen LogP contribution in [0, 0.1) is 0 Å². The van der Waals surface area contributed by atoms with Gasteiger partial charge in [0.1, 0.15) is 6.10 Å². The molecule has 1 amide bonds. The van der Waals surface area contributed by atoms with Gasteiger partial charge in [0.25, 0.3) is 0 Å². The highest BCUT2D eigenvalue weighted by molar-refractivity contribution is 7.09. The summed E-state index contributed by atoms with van der Waals surface area (Å²) < 4.78 is 5.47. The van der Waals surface area contributed by atoms with Gasteiger partial charge >= 0.3 is 0 Å². The number of amides is 1. The Hall–Kier alpha value is -0.950. The molecule has 1 aliphatic rings. The van der Waals surface area contributed by atoms with E-state index in [2.05, 4.69) is 16.7 Å². The maximum absolute atomic E-state index is 10.8. The van der Waals surface area contributed by atoms with Crippen LogP contribution in [-0.2, 0) is 16.1 Å². The number of nitrogens with one attached hydrogen (secondary N) is 2. The van der Waals surface area contributed by atoms with Gasteiger partial charge in [-0.2, -0.15) is 0 Å². The SMILES string of the molecule is CC(=O)NC[C@H]1OC[C@@H](NCc2cccs2)[C@@H]1O. The van der Waals surface area contributed by atoms with Crippen LogP contribution in [0.3, 0.4) is 0 Å². The molecule has 1 fully saturated rings. The molecule has 6 heteroatoms. The fraction of sp³-hybridized carbons (Fsp3) is 0.583. The molecule has 0 spiro atoms. The van der Waals surface area contributed by atoms with Gasteiger partial charge in [0.05, 0.1) is 18.8 Å². The molecule has 18 heavy (non-hydrogen) atoms. The highest BCUT2D eigenvalue weighted by Gasteiger charge is 2.35. The van der Waals surface area contributed by atoms with E-state index >= 15 is 0 Å². The largest absolute Gasteiger partial charge is 0.389 e. The first-order chi connectivity index (χ1) is 8.66. The summed E-state index contributed by atoms with van der Waals surface area (Å²) in [6, 6.07) is 3.98. The molecular formula is C12H18N2O3S. The maximum atomic E-state index is 10.8. The number of ether oxygens (including phenoxy) is 1. The van der Waals surface area contributed by atoms with E-state index in [0.717, 1.165) is 6.54 Å². The Balaban J connectivity index is 1.76. The van der Waals surface area contributed by atoms with E-state index in [9.17, 15) is 9.90 Å². The predicted octanol–water partition coefficient (Wildman–Crippen LogP) is 0.102. The van der Waals surface area contributed by atoms with Crippen molar-refractivity contribution in [2.24, 2.45) is 0 Å². The molecule has 0 bridgehead atoms.